The molecule has 6 nitrogen and oxygen atoms in total. The normalized spacial score (nSPS) is 31.6. The second-order valence-electron chi connectivity index (χ2n) is 2.60. The van der Waals surface area contributed by atoms with Crippen LogP contribution in [0, 0.1) is 10.1 Å². The van der Waals surface area contributed by atoms with Gasteiger partial charge in [0.1, 0.15) is 0 Å². The first-order valence-electron chi connectivity index (χ1n) is 3.44. The lowest BCUT2D eigenvalue weighted by atomic mass is 9.90. The van der Waals surface area contributed by atoms with Crippen LogP contribution in [-0.4, -0.2) is 32.7 Å². The van der Waals surface area contributed by atoms with E-state index in [-0.39, 0.29) is 0 Å². The van der Waals surface area contributed by atoms with Gasteiger partial charge in [-0.2, -0.15) is 0 Å². The number of carbonyl (C=O) groups is 1. The zero-order valence-electron chi connectivity index (χ0n) is 6.45. The Kier molecular flexibility index (Phi) is 2.16. The number of carboxylic acids is 1. The van der Waals surface area contributed by atoms with Crippen molar-refractivity contribution in [1.82, 2.24) is 0 Å². The Morgan fingerprint density at radius 1 is 1.54 bits per heavy atom. The molecule has 1 aliphatic carbocycles. The van der Waals surface area contributed by atoms with Crippen molar-refractivity contribution in [3.8, 4) is 0 Å². The van der Waals surface area contributed by atoms with Gasteiger partial charge < -0.3 is 10.2 Å². The highest BCUT2D eigenvalue weighted by Crippen LogP contribution is 2.20. The summed E-state index contributed by atoms with van der Waals surface area (Å²) in [6.45, 7) is 0. The van der Waals surface area contributed by atoms with Crippen LogP contribution in [0.1, 0.15) is 0 Å². The molecule has 0 aliphatic heterocycles. The molecule has 0 bridgehead atoms. The van der Waals surface area contributed by atoms with E-state index in [2.05, 4.69) is 0 Å². The number of carboxylic acid groups (broad SMARTS) is 1. The molecule has 0 saturated carbocycles. The van der Waals surface area contributed by atoms with Crippen molar-refractivity contribution in [3.63, 3.8) is 0 Å². The number of nitrogens with zero attached hydrogens (tertiary/aromatic N) is 1. The molecule has 0 radical (unpaired) electrons. The van der Waals surface area contributed by atoms with Crippen molar-refractivity contribution in [3.05, 3.63) is 34.4 Å². The van der Waals surface area contributed by atoms with Crippen LogP contribution in [0.2, 0.25) is 0 Å². The van der Waals surface area contributed by atoms with Crippen molar-refractivity contribution >= 4 is 5.97 Å². The summed E-state index contributed by atoms with van der Waals surface area (Å²) in [4.78, 5) is 20.1. The highest BCUT2D eigenvalue weighted by Gasteiger charge is 2.49. The van der Waals surface area contributed by atoms with Crippen molar-refractivity contribution in [2.24, 2.45) is 0 Å². The predicted octanol–water partition coefficient (Wildman–Crippen LogP) is -0.427. The lowest BCUT2D eigenvalue weighted by molar-refractivity contribution is -0.525. The third-order valence-electron chi connectivity index (χ3n) is 1.78. The average Bonchev–Trinajstić information content (AvgIpc) is 2.04. The zero-order valence-corrected chi connectivity index (χ0v) is 6.45. The Hall–Kier alpha value is -1.69. The molecule has 70 valence electrons. The molecule has 0 aromatic carbocycles. The van der Waals surface area contributed by atoms with E-state index in [1.165, 1.54) is 12.2 Å². The maximum Gasteiger partial charge on any atom is 0.347 e. The number of aliphatic hydroxyl groups is 1. The molecule has 2 unspecified atom stereocenters. The van der Waals surface area contributed by atoms with E-state index >= 15 is 0 Å². The summed E-state index contributed by atoms with van der Waals surface area (Å²) in [5, 5.41) is 28.3. The number of rotatable bonds is 2. The number of hydrogen-bond acceptors (Lipinski definition) is 4. The molecule has 13 heavy (non-hydrogen) atoms. The summed E-state index contributed by atoms with van der Waals surface area (Å²) in [5.74, 6) is -1.63. The van der Waals surface area contributed by atoms with Gasteiger partial charge in [-0.15, -0.1) is 0 Å². The van der Waals surface area contributed by atoms with Gasteiger partial charge in [-0.05, 0) is 12.2 Å². The highest BCUT2D eigenvalue weighted by molar-refractivity contribution is 5.81. The average molecular weight is 185 g/mol. The third-order valence-corrected chi connectivity index (χ3v) is 1.78. The minimum Gasteiger partial charge on any atom is -0.479 e. The van der Waals surface area contributed by atoms with Crippen LogP contribution in [0.15, 0.2) is 24.3 Å². The van der Waals surface area contributed by atoms with Gasteiger partial charge >= 0.3 is 5.97 Å². The maximum atomic E-state index is 10.6. The van der Waals surface area contributed by atoms with E-state index < -0.39 is 22.5 Å². The summed E-state index contributed by atoms with van der Waals surface area (Å²) < 4.78 is 0. The van der Waals surface area contributed by atoms with E-state index in [1.807, 2.05) is 0 Å². The van der Waals surface area contributed by atoms with Crippen LogP contribution in [0.3, 0.4) is 0 Å². The Balaban J connectivity index is 3.07. The van der Waals surface area contributed by atoms with Crippen molar-refractivity contribution in [2.75, 3.05) is 0 Å². The molecule has 2 N–H and O–H groups in total. The summed E-state index contributed by atoms with van der Waals surface area (Å²) in [6.07, 6.45) is 4.51. The number of nitro groups is 1. The second kappa shape index (κ2) is 2.98. The molecule has 0 aromatic heterocycles. The van der Waals surface area contributed by atoms with Gasteiger partial charge in [-0.1, -0.05) is 12.2 Å². The van der Waals surface area contributed by atoms with E-state index in [1.54, 1.807) is 0 Å². The summed E-state index contributed by atoms with van der Waals surface area (Å²) in [6, 6.07) is -1.63. The van der Waals surface area contributed by atoms with Gasteiger partial charge in [0, 0.05) is 4.92 Å². The van der Waals surface area contributed by atoms with Gasteiger partial charge in [0.05, 0.1) is 0 Å². The van der Waals surface area contributed by atoms with Crippen LogP contribution in [0.5, 0.6) is 0 Å². The Morgan fingerprint density at radius 3 is 2.54 bits per heavy atom. The van der Waals surface area contributed by atoms with Crippen LogP contribution >= 0.6 is 0 Å². The molecular formula is C7H7NO5. The van der Waals surface area contributed by atoms with Gasteiger partial charge in [0.25, 0.3) is 11.6 Å². The molecule has 1 aliphatic rings. The van der Waals surface area contributed by atoms with Crippen LogP contribution in [0.4, 0.5) is 0 Å². The molecule has 6 heteroatoms. The molecule has 0 amide bonds. The topological polar surface area (TPSA) is 101 Å². The Bertz CT molecular complexity index is 308. The highest BCUT2D eigenvalue weighted by atomic mass is 16.6. The van der Waals surface area contributed by atoms with Crippen molar-refractivity contribution < 1.29 is 19.9 Å². The molecule has 0 spiro atoms. The van der Waals surface area contributed by atoms with Crippen LogP contribution < -0.4 is 0 Å². The fourth-order valence-electron chi connectivity index (χ4n) is 1.05. The molecule has 0 fully saturated rings. The van der Waals surface area contributed by atoms with E-state index in [9.17, 15) is 20.0 Å². The molecule has 1 rings (SSSR count). The van der Waals surface area contributed by atoms with Gasteiger partial charge in [-0.3, -0.25) is 10.1 Å². The monoisotopic (exact) mass is 185 g/mol. The van der Waals surface area contributed by atoms with E-state index in [4.69, 9.17) is 5.11 Å². The standard InChI is InChI=1S/C7H7NO5/c9-6(10)7(11)4-2-1-3-5(7)8(12)13/h1-5,11H,(H,9,10). The van der Waals surface area contributed by atoms with E-state index in [0.29, 0.717) is 0 Å². The van der Waals surface area contributed by atoms with Crippen molar-refractivity contribution in [1.29, 1.82) is 0 Å². The minimum absolute atomic E-state index is 0.839. The summed E-state index contributed by atoms with van der Waals surface area (Å²) >= 11 is 0. The first kappa shape index (κ1) is 9.40. The number of aliphatic carboxylic acids is 1. The predicted molar refractivity (Wildman–Crippen MR) is 41.6 cm³/mol. The zero-order chi connectivity index (χ0) is 10.1. The fourth-order valence-corrected chi connectivity index (χ4v) is 1.05. The fraction of sp³-hybridized carbons (Fsp3) is 0.286. The molecule has 0 aromatic rings. The van der Waals surface area contributed by atoms with Gasteiger partial charge in [-0.25, -0.2) is 4.79 Å². The first-order valence-corrected chi connectivity index (χ1v) is 3.44. The largest absolute Gasteiger partial charge is 0.479 e. The van der Waals surface area contributed by atoms with Gasteiger partial charge in [0.2, 0.25) is 0 Å². The SMILES string of the molecule is O=C(O)C1(O)C=CC=CC1[N+](=O)[O-]. The first-order chi connectivity index (χ1) is 5.98. The Labute approximate surface area is 72.9 Å². The molecular weight excluding hydrogens is 178 g/mol. The van der Waals surface area contributed by atoms with E-state index in [0.717, 1.165) is 12.2 Å². The summed E-state index contributed by atoms with van der Waals surface area (Å²) in [7, 11) is 0. The maximum absolute atomic E-state index is 10.6. The smallest absolute Gasteiger partial charge is 0.347 e. The van der Waals surface area contributed by atoms with Crippen molar-refractivity contribution in [2.45, 2.75) is 11.6 Å². The van der Waals surface area contributed by atoms with Crippen LogP contribution in [0.25, 0.3) is 0 Å². The molecule has 2 atom stereocenters. The lowest BCUT2D eigenvalue weighted by Crippen LogP contribution is -2.51. The molecule has 0 saturated heterocycles. The van der Waals surface area contributed by atoms with Gasteiger partial charge in [0.15, 0.2) is 0 Å². The third kappa shape index (κ3) is 1.43. The second-order valence-corrected chi connectivity index (χ2v) is 2.60. The Morgan fingerprint density at radius 2 is 2.15 bits per heavy atom. The summed E-state index contributed by atoms with van der Waals surface area (Å²) in [5.41, 5.74) is -2.43. The quantitative estimate of drug-likeness (QED) is 0.449. The lowest BCUT2D eigenvalue weighted by Gasteiger charge is -2.22. The number of hydrogen-bond donors (Lipinski definition) is 2. The molecule has 0 heterocycles. The number of allylic oxidation sites excluding steroid dienone is 2. The van der Waals surface area contributed by atoms with Crippen LogP contribution in [-0.2, 0) is 4.79 Å². The minimum atomic E-state index is -2.43.